The van der Waals surface area contributed by atoms with E-state index in [2.05, 4.69) is 4.98 Å². The number of methoxy groups -OCH3 is 1. The van der Waals surface area contributed by atoms with Gasteiger partial charge in [0.2, 0.25) is 0 Å². The maximum atomic E-state index is 11.0. The van der Waals surface area contributed by atoms with Crippen LogP contribution in [0.2, 0.25) is 0 Å². The first-order valence-electron chi connectivity index (χ1n) is 5.63. The van der Waals surface area contributed by atoms with Crippen molar-refractivity contribution in [3.63, 3.8) is 0 Å². The summed E-state index contributed by atoms with van der Waals surface area (Å²) >= 11 is 1.50. The van der Waals surface area contributed by atoms with Gasteiger partial charge >= 0.3 is 5.69 Å². The number of nitro groups is 1. The fraction of sp³-hybridized carbons (Fsp3) is 0.250. The van der Waals surface area contributed by atoms with E-state index in [1.165, 1.54) is 24.5 Å². The molecule has 1 aromatic heterocycles. The van der Waals surface area contributed by atoms with Gasteiger partial charge in [0.05, 0.1) is 22.7 Å². The second-order valence-electron chi connectivity index (χ2n) is 3.81. The van der Waals surface area contributed by atoms with Gasteiger partial charge in [-0.25, -0.2) is 4.98 Å². The van der Waals surface area contributed by atoms with Crippen LogP contribution in [0.4, 0.5) is 5.69 Å². The van der Waals surface area contributed by atoms with Crippen molar-refractivity contribution in [3.05, 3.63) is 38.7 Å². The number of rotatable bonds is 5. The Morgan fingerprint density at radius 3 is 2.95 bits per heavy atom. The van der Waals surface area contributed by atoms with Crippen LogP contribution in [-0.4, -0.2) is 23.6 Å². The van der Waals surface area contributed by atoms with Crippen molar-refractivity contribution in [1.82, 2.24) is 4.98 Å². The summed E-state index contributed by atoms with van der Waals surface area (Å²) in [5, 5.41) is 13.8. The third kappa shape index (κ3) is 2.88. The normalized spacial score (nSPS) is 10.4. The molecular formula is C12H13N3O3S. The van der Waals surface area contributed by atoms with Crippen LogP contribution in [-0.2, 0) is 6.42 Å². The number of thiazole rings is 1. The molecule has 0 aliphatic carbocycles. The Morgan fingerprint density at radius 2 is 2.32 bits per heavy atom. The van der Waals surface area contributed by atoms with Gasteiger partial charge in [0.25, 0.3) is 0 Å². The van der Waals surface area contributed by atoms with Gasteiger partial charge in [0.1, 0.15) is 0 Å². The zero-order valence-corrected chi connectivity index (χ0v) is 11.1. The number of hydrogen-bond acceptors (Lipinski definition) is 6. The summed E-state index contributed by atoms with van der Waals surface area (Å²) in [5.74, 6) is 0.242. The van der Waals surface area contributed by atoms with Crippen LogP contribution in [0, 0.1) is 10.1 Å². The van der Waals surface area contributed by atoms with E-state index in [9.17, 15) is 10.1 Å². The topological polar surface area (TPSA) is 91.3 Å². The number of hydrogen-bond donors (Lipinski definition) is 1. The lowest BCUT2D eigenvalue weighted by atomic mass is 10.1. The average molecular weight is 279 g/mol. The molecular weight excluding hydrogens is 266 g/mol. The second kappa shape index (κ2) is 5.77. The molecule has 100 valence electrons. The van der Waals surface area contributed by atoms with Crippen molar-refractivity contribution in [2.45, 2.75) is 6.42 Å². The largest absolute Gasteiger partial charge is 0.490 e. The molecule has 0 unspecified atom stereocenters. The molecule has 0 amide bonds. The lowest BCUT2D eigenvalue weighted by molar-refractivity contribution is -0.385. The highest BCUT2D eigenvalue weighted by Crippen LogP contribution is 2.32. The predicted molar refractivity (Wildman–Crippen MR) is 73.5 cm³/mol. The van der Waals surface area contributed by atoms with Gasteiger partial charge in [-0.1, -0.05) is 0 Å². The Hall–Kier alpha value is -1.99. The lowest BCUT2D eigenvalue weighted by Crippen LogP contribution is -2.02. The van der Waals surface area contributed by atoms with Crippen molar-refractivity contribution in [2.24, 2.45) is 5.73 Å². The van der Waals surface area contributed by atoms with E-state index in [1.807, 2.05) is 5.38 Å². The van der Waals surface area contributed by atoms with Gasteiger partial charge in [0.15, 0.2) is 5.75 Å². The van der Waals surface area contributed by atoms with Crippen LogP contribution < -0.4 is 10.5 Å². The van der Waals surface area contributed by atoms with Gasteiger partial charge in [-0.05, 0) is 18.7 Å². The SMILES string of the molecule is COc1ccc(-c2csc(CCN)n2)cc1[N+](=O)[O-]. The first-order valence-corrected chi connectivity index (χ1v) is 6.51. The third-order valence-corrected chi connectivity index (χ3v) is 3.49. The highest BCUT2D eigenvalue weighted by Gasteiger charge is 2.16. The minimum absolute atomic E-state index is 0.0617. The van der Waals surface area contributed by atoms with Crippen LogP contribution in [0.5, 0.6) is 5.75 Å². The van der Waals surface area contributed by atoms with Crippen molar-refractivity contribution < 1.29 is 9.66 Å². The van der Waals surface area contributed by atoms with Crippen LogP contribution in [0.1, 0.15) is 5.01 Å². The van der Waals surface area contributed by atoms with Gasteiger partial charge in [0, 0.05) is 23.4 Å². The maximum Gasteiger partial charge on any atom is 0.311 e. The molecule has 0 radical (unpaired) electrons. The Balaban J connectivity index is 2.39. The molecule has 7 heteroatoms. The molecule has 0 saturated heterocycles. The summed E-state index contributed by atoms with van der Waals surface area (Å²) in [6.07, 6.45) is 0.711. The van der Waals surface area contributed by atoms with Crippen LogP contribution in [0.25, 0.3) is 11.3 Å². The van der Waals surface area contributed by atoms with Crippen molar-refractivity contribution in [1.29, 1.82) is 0 Å². The van der Waals surface area contributed by atoms with E-state index in [1.54, 1.807) is 12.1 Å². The first kappa shape index (κ1) is 13.4. The summed E-state index contributed by atoms with van der Waals surface area (Å²) in [4.78, 5) is 14.9. The van der Waals surface area contributed by atoms with Gasteiger partial charge in [-0.3, -0.25) is 10.1 Å². The first-order chi connectivity index (χ1) is 9.15. The molecule has 1 aromatic carbocycles. The predicted octanol–water partition coefficient (Wildman–Crippen LogP) is 2.23. The van der Waals surface area contributed by atoms with Crippen molar-refractivity contribution >= 4 is 17.0 Å². The Bertz CT molecular complexity index is 598. The maximum absolute atomic E-state index is 11.0. The summed E-state index contributed by atoms with van der Waals surface area (Å²) in [6.45, 7) is 0.537. The number of aromatic nitrogens is 1. The van der Waals surface area contributed by atoms with E-state index in [0.29, 0.717) is 18.5 Å². The molecule has 1 heterocycles. The molecule has 0 atom stereocenters. The summed E-state index contributed by atoms with van der Waals surface area (Å²) < 4.78 is 4.97. The van der Waals surface area contributed by atoms with E-state index in [0.717, 1.165) is 10.7 Å². The fourth-order valence-electron chi connectivity index (χ4n) is 1.67. The highest BCUT2D eigenvalue weighted by molar-refractivity contribution is 7.09. The number of nitro benzene ring substituents is 1. The van der Waals surface area contributed by atoms with E-state index in [4.69, 9.17) is 10.5 Å². The molecule has 0 aliphatic heterocycles. The third-order valence-electron chi connectivity index (χ3n) is 2.58. The molecule has 0 fully saturated rings. The molecule has 2 aromatic rings. The summed E-state index contributed by atoms with van der Waals surface area (Å²) in [7, 11) is 1.41. The number of ether oxygens (including phenoxy) is 1. The molecule has 0 bridgehead atoms. The highest BCUT2D eigenvalue weighted by atomic mass is 32.1. The zero-order valence-electron chi connectivity index (χ0n) is 10.3. The van der Waals surface area contributed by atoms with Crippen molar-refractivity contribution in [2.75, 3.05) is 13.7 Å². The average Bonchev–Trinajstić information content (AvgIpc) is 2.87. The lowest BCUT2D eigenvalue weighted by Gasteiger charge is -2.03. The molecule has 0 saturated carbocycles. The molecule has 0 spiro atoms. The van der Waals surface area contributed by atoms with Gasteiger partial charge in [-0.2, -0.15) is 0 Å². The molecule has 0 aliphatic rings. The van der Waals surface area contributed by atoms with Crippen LogP contribution in [0.15, 0.2) is 23.6 Å². The second-order valence-corrected chi connectivity index (χ2v) is 4.75. The zero-order chi connectivity index (χ0) is 13.8. The molecule has 6 nitrogen and oxygen atoms in total. The minimum atomic E-state index is -0.463. The smallest absolute Gasteiger partial charge is 0.311 e. The van der Waals surface area contributed by atoms with Crippen LogP contribution >= 0.6 is 11.3 Å². The quantitative estimate of drug-likeness (QED) is 0.669. The number of benzene rings is 1. The molecule has 2 rings (SSSR count). The molecule has 2 N–H and O–H groups in total. The van der Waals surface area contributed by atoms with E-state index >= 15 is 0 Å². The summed E-state index contributed by atoms with van der Waals surface area (Å²) in [6, 6.07) is 4.81. The monoisotopic (exact) mass is 279 g/mol. The van der Waals surface area contributed by atoms with E-state index < -0.39 is 4.92 Å². The van der Waals surface area contributed by atoms with Gasteiger partial charge < -0.3 is 10.5 Å². The Morgan fingerprint density at radius 1 is 1.53 bits per heavy atom. The van der Waals surface area contributed by atoms with Gasteiger partial charge in [-0.15, -0.1) is 11.3 Å². The van der Waals surface area contributed by atoms with Crippen molar-refractivity contribution in [3.8, 4) is 17.0 Å². The van der Waals surface area contributed by atoms with E-state index in [-0.39, 0.29) is 11.4 Å². The number of nitrogens with zero attached hydrogens (tertiary/aromatic N) is 2. The Labute approximate surface area is 114 Å². The summed E-state index contributed by atoms with van der Waals surface area (Å²) in [5.41, 5.74) is 6.83. The Kier molecular flexibility index (Phi) is 4.08. The van der Waals surface area contributed by atoms with Crippen LogP contribution in [0.3, 0.4) is 0 Å². The minimum Gasteiger partial charge on any atom is -0.490 e. The fourth-order valence-corrected chi connectivity index (χ4v) is 2.50. The number of nitrogens with two attached hydrogens (primary N) is 1. The molecule has 19 heavy (non-hydrogen) atoms. The standard InChI is InChI=1S/C12H13N3O3S/c1-18-11-3-2-8(6-10(11)15(16)17)9-7-19-12(14-9)4-5-13/h2-3,6-7H,4-5,13H2,1H3.